The van der Waals surface area contributed by atoms with Crippen LogP contribution in [-0.2, 0) is 10.0 Å². The predicted molar refractivity (Wildman–Crippen MR) is 132 cm³/mol. The van der Waals surface area contributed by atoms with Gasteiger partial charge in [0.15, 0.2) is 0 Å². The van der Waals surface area contributed by atoms with E-state index in [-0.39, 0.29) is 10.8 Å². The number of likely N-dealkylation sites (tertiary alicyclic amines) is 1. The Kier molecular flexibility index (Phi) is 7.63. The average Bonchev–Trinajstić information content (AvgIpc) is 2.85. The number of carbonyl (C=O) groups excluding carboxylic acids is 1. The summed E-state index contributed by atoms with van der Waals surface area (Å²) >= 11 is 0. The summed E-state index contributed by atoms with van der Waals surface area (Å²) in [6.45, 7) is 6.42. The molecule has 7 heteroatoms. The number of aryl methyl sites for hydroxylation is 1. The van der Waals surface area contributed by atoms with E-state index in [2.05, 4.69) is 29.2 Å². The molecule has 2 heterocycles. The number of sulfonamides is 1. The highest BCUT2D eigenvalue weighted by Gasteiger charge is 2.29. The highest BCUT2D eigenvalue weighted by Crippen LogP contribution is 2.23. The van der Waals surface area contributed by atoms with Gasteiger partial charge in [-0.15, -0.1) is 0 Å². The van der Waals surface area contributed by atoms with Crippen molar-refractivity contribution >= 4 is 22.0 Å². The van der Waals surface area contributed by atoms with Gasteiger partial charge in [0.2, 0.25) is 10.0 Å². The maximum absolute atomic E-state index is 13.3. The van der Waals surface area contributed by atoms with Crippen LogP contribution in [0.15, 0.2) is 59.5 Å². The topological polar surface area (TPSA) is 60.9 Å². The Morgan fingerprint density at radius 1 is 0.909 bits per heavy atom. The molecule has 4 rings (SSSR count). The van der Waals surface area contributed by atoms with Crippen molar-refractivity contribution < 1.29 is 13.2 Å². The fourth-order valence-electron chi connectivity index (χ4n) is 4.46. The van der Waals surface area contributed by atoms with Crippen molar-refractivity contribution in [3.63, 3.8) is 0 Å². The zero-order valence-electron chi connectivity index (χ0n) is 19.3. The predicted octanol–water partition coefficient (Wildman–Crippen LogP) is 3.64. The van der Waals surface area contributed by atoms with Gasteiger partial charge in [0, 0.05) is 51.4 Å². The third-order valence-electron chi connectivity index (χ3n) is 6.53. The maximum Gasteiger partial charge on any atom is 0.254 e. The summed E-state index contributed by atoms with van der Waals surface area (Å²) in [7, 11) is -3.63. The van der Waals surface area contributed by atoms with Gasteiger partial charge in [-0.2, -0.15) is 4.31 Å². The van der Waals surface area contributed by atoms with Gasteiger partial charge in [0.1, 0.15) is 0 Å². The van der Waals surface area contributed by atoms with Gasteiger partial charge in [0.05, 0.1) is 4.90 Å². The van der Waals surface area contributed by atoms with Crippen molar-refractivity contribution in [3.05, 3.63) is 71.3 Å². The van der Waals surface area contributed by atoms with Crippen LogP contribution in [0.25, 0.3) is 6.08 Å². The third kappa shape index (κ3) is 5.72. The van der Waals surface area contributed by atoms with Gasteiger partial charge in [-0.3, -0.25) is 9.69 Å². The van der Waals surface area contributed by atoms with Crippen molar-refractivity contribution in [2.24, 2.45) is 0 Å². The fraction of sp³-hybridized carbons (Fsp3) is 0.423. The largest absolute Gasteiger partial charge is 0.339 e. The molecule has 2 aromatic carbocycles. The van der Waals surface area contributed by atoms with Crippen LogP contribution in [0.2, 0.25) is 0 Å². The monoisotopic (exact) mass is 467 g/mol. The highest BCUT2D eigenvalue weighted by atomic mass is 32.2. The standard InChI is InChI=1S/C26H33N3O3S/c1-22-12-13-24(21-25(22)26(30)28-15-6-3-7-16-28)33(31,32)29-19-17-27(18-20-29)14-8-11-23-9-4-2-5-10-23/h2,4-5,8-13,21H,3,6-7,14-20H2,1H3/b11-8+. The molecule has 2 aromatic rings. The Labute approximate surface area is 197 Å². The van der Waals surface area contributed by atoms with Gasteiger partial charge in [-0.25, -0.2) is 8.42 Å². The van der Waals surface area contributed by atoms with Crippen LogP contribution in [0.1, 0.15) is 40.7 Å². The molecule has 0 bridgehead atoms. The van der Waals surface area contributed by atoms with E-state index in [0.717, 1.165) is 50.0 Å². The van der Waals surface area contributed by atoms with E-state index < -0.39 is 10.0 Å². The maximum atomic E-state index is 13.3. The normalized spacial score (nSPS) is 18.6. The van der Waals surface area contributed by atoms with E-state index in [1.165, 1.54) is 0 Å². The number of benzene rings is 2. The Morgan fingerprint density at radius 2 is 1.61 bits per heavy atom. The number of amides is 1. The van der Waals surface area contributed by atoms with E-state index in [4.69, 9.17) is 0 Å². The first kappa shape index (κ1) is 23.7. The zero-order chi connectivity index (χ0) is 23.3. The Bertz CT molecular complexity index is 1090. The highest BCUT2D eigenvalue weighted by molar-refractivity contribution is 7.89. The Balaban J connectivity index is 1.39. The minimum atomic E-state index is -3.63. The molecule has 2 saturated heterocycles. The van der Waals surface area contributed by atoms with Crippen molar-refractivity contribution in [2.45, 2.75) is 31.1 Å². The molecular formula is C26H33N3O3S. The van der Waals surface area contributed by atoms with Crippen LogP contribution in [0.4, 0.5) is 0 Å². The number of carbonyl (C=O) groups is 1. The second kappa shape index (κ2) is 10.6. The molecule has 0 radical (unpaired) electrons. The second-order valence-electron chi connectivity index (χ2n) is 8.85. The summed E-state index contributed by atoms with van der Waals surface area (Å²) in [5, 5.41) is 0. The number of piperidine rings is 1. The summed E-state index contributed by atoms with van der Waals surface area (Å²) in [4.78, 5) is 17.3. The number of rotatable bonds is 6. The molecule has 2 aliphatic heterocycles. The number of piperazine rings is 1. The van der Waals surface area contributed by atoms with Crippen molar-refractivity contribution in [1.29, 1.82) is 0 Å². The van der Waals surface area contributed by atoms with E-state index >= 15 is 0 Å². The third-order valence-corrected chi connectivity index (χ3v) is 8.42. The van der Waals surface area contributed by atoms with Crippen LogP contribution in [0, 0.1) is 6.92 Å². The smallest absolute Gasteiger partial charge is 0.254 e. The van der Waals surface area contributed by atoms with Crippen molar-refractivity contribution in [2.75, 3.05) is 45.8 Å². The number of nitrogens with zero attached hydrogens (tertiary/aromatic N) is 3. The van der Waals surface area contributed by atoms with Crippen LogP contribution in [0.3, 0.4) is 0 Å². The average molecular weight is 468 g/mol. The van der Waals surface area contributed by atoms with Crippen LogP contribution < -0.4 is 0 Å². The fourth-order valence-corrected chi connectivity index (χ4v) is 5.91. The lowest BCUT2D eigenvalue weighted by Crippen LogP contribution is -2.48. The van der Waals surface area contributed by atoms with Gasteiger partial charge >= 0.3 is 0 Å². The number of hydrogen-bond donors (Lipinski definition) is 0. The molecule has 33 heavy (non-hydrogen) atoms. The van der Waals surface area contributed by atoms with E-state index in [1.807, 2.05) is 30.0 Å². The molecule has 176 valence electrons. The van der Waals surface area contributed by atoms with Crippen LogP contribution in [-0.4, -0.2) is 74.2 Å². The molecule has 0 aromatic heterocycles. The summed E-state index contributed by atoms with van der Waals surface area (Å²) in [5.74, 6) is -0.0562. The van der Waals surface area contributed by atoms with Gasteiger partial charge in [0.25, 0.3) is 5.91 Å². The van der Waals surface area contributed by atoms with Gasteiger partial charge in [-0.1, -0.05) is 48.6 Å². The van der Waals surface area contributed by atoms with Crippen molar-refractivity contribution in [3.8, 4) is 0 Å². The van der Waals surface area contributed by atoms with Crippen molar-refractivity contribution in [1.82, 2.24) is 14.1 Å². The molecule has 0 N–H and O–H groups in total. The summed E-state index contributed by atoms with van der Waals surface area (Å²) in [6, 6.07) is 15.1. The van der Waals surface area contributed by atoms with E-state index in [9.17, 15) is 13.2 Å². The molecule has 0 unspecified atom stereocenters. The molecule has 0 saturated carbocycles. The van der Waals surface area contributed by atoms with Gasteiger partial charge in [-0.05, 0) is 49.4 Å². The lowest BCUT2D eigenvalue weighted by Gasteiger charge is -2.33. The van der Waals surface area contributed by atoms with Gasteiger partial charge < -0.3 is 4.90 Å². The molecule has 0 spiro atoms. The second-order valence-corrected chi connectivity index (χ2v) is 10.8. The quantitative estimate of drug-likeness (QED) is 0.651. The summed E-state index contributed by atoms with van der Waals surface area (Å²) in [5.41, 5.74) is 2.48. The Morgan fingerprint density at radius 3 is 2.30 bits per heavy atom. The molecule has 1 amide bonds. The molecular weight excluding hydrogens is 434 g/mol. The minimum Gasteiger partial charge on any atom is -0.339 e. The molecule has 0 atom stereocenters. The lowest BCUT2D eigenvalue weighted by atomic mass is 10.1. The SMILES string of the molecule is Cc1ccc(S(=O)(=O)N2CCN(C/C=C/c3ccccc3)CC2)cc1C(=O)N1CCCCC1. The molecule has 2 fully saturated rings. The zero-order valence-corrected chi connectivity index (χ0v) is 20.1. The minimum absolute atomic E-state index is 0.0562. The molecule has 0 aliphatic carbocycles. The first-order chi connectivity index (χ1) is 15.9. The van der Waals surface area contributed by atoms with E-state index in [1.54, 1.807) is 22.5 Å². The van der Waals surface area contributed by atoms with Crippen LogP contribution >= 0.6 is 0 Å². The lowest BCUT2D eigenvalue weighted by molar-refractivity contribution is 0.0723. The van der Waals surface area contributed by atoms with Crippen LogP contribution in [0.5, 0.6) is 0 Å². The molecule has 6 nitrogen and oxygen atoms in total. The first-order valence-corrected chi connectivity index (χ1v) is 13.2. The number of hydrogen-bond acceptors (Lipinski definition) is 4. The van der Waals surface area contributed by atoms with E-state index in [0.29, 0.717) is 31.7 Å². The summed E-state index contributed by atoms with van der Waals surface area (Å²) < 4.78 is 28.2. The Hall–Kier alpha value is -2.48. The first-order valence-electron chi connectivity index (χ1n) is 11.8. The summed E-state index contributed by atoms with van der Waals surface area (Å²) in [6.07, 6.45) is 7.38. The molecule has 2 aliphatic rings.